The number of piperidine rings is 1. The number of hydrogen-bond acceptors (Lipinski definition) is 6. The van der Waals surface area contributed by atoms with Crippen LogP contribution in [0.2, 0.25) is 5.02 Å². The van der Waals surface area contributed by atoms with Gasteiger partial charge in [0.25, 0.3) is 11.8 Å². The molecule has 5 rings (SSSR count). The van der Waals surface area contributed by atoms with Crippen molar-refractivity contribution in [3.63, 3.8) is 0 Å². The molecule has 10 heteroatoms. The largest absolute Gasteiger partial charge is 0.497 e. The lowest BCUT2D eigenvalue weighted by molar-refractivity contribution is -0.128. The van der Waals surface area contributed by atoms with E-state index in [0.717, 1.165) is 12.8 Å². The van der Waals surface area contributed by atoms with E-state index in [-0.39, 0.29) is 30.4 Å². The normalized spacial score (nSPS) is 22.5. The minimum Gasteiger partial charge on any atom is -0.497 e. The van der Waals surface area contributed by atoms with Gasteiger partial charge in [-0.2, -0.15) is 0 Å². The first kappa shape index (κ1) is 26.5. The van der Waals surface area contributed by atoms with E-state index in [2.05, 4.69) is 5.32 Å². The summed E-state index contributed by atoms with van der Waals surface area (Å²) in [5.41, 5.74) is -0.0396. The molecule has 2 atom stereocenters. The predicted octanol–water partition coefficient (Wildman–Crippen LogP) is 3.12. The molecule has 38 heavy (non-hydrogen) atoms. The molecule has 0 saturated carbocycles. The number of carbonyl (C=O) groups excluding carboxylic acids is 3. The summed E-state index contributed by atoms with van der Waals surface area (Å²) in [6, 6.07) is 12.9. The van der Waals surface area contributed by atoms with Crippen molar-refractivity contribution in [3.05, 3.63) is 64.7 Å². The van der Waals surface area contributed by atoms with Crippen LogP contribution in [-0.2, 0) is 14.3 Å². The van der Waals surface area contributed by atoms with Crippen molar-refractivity contribution in [2.24, 2.45) is 0 Å². The molecule has 2 aromatic rings. The molecular weight excluding hydrogens is 510 g/mol. The summed E-state index contributed by atoms with van der Waals surface area (Å²) in [5.74, 6) is -0.136. The second-order valence-corrected chi connectivity index (χ2v) is 10.3. The van der Waals surface area contributed by atoms with Gasteiger partial charge in [0.2, 0.25) is 5.91 Å². The monoisotopic (exact) mass is 541 g/mol. The molecule has 0 aliphatic carbocycles. The highest BCUT2D eigenvalue weighted by Gasteiger charge is 2.54. The highest BCUT2D eigenvalue weighted by atomic mass is 35.5. The number of methoxy groups -OCH3 is 1. The van der Waals surface area contributed by atoms with Crippen molar-refractivity contribution in [2.75, 3.05) is 40.0 Å². The van der Waals surface area contributed by atoms with E-state index in [1.165, 1.54) is 0 Å². The molecule has 202 valence electrons. The highest BCUT2D eigenvalue weighted by molar-refractivity contribution is 6.30. The third-order valence-electron chi connectivity index (χ3n) is 7.55. The summed E-state index contributed by atoms with van der Waals surface area (Å²) in [4.78, 5) is 43.7. The molecule has 3 saturated heterocycles. The number of likely N-dealkylation sites (tertiary alicyclic amines) is 1. The third-order valence-corrected chi connectivity index (χ3v) is 7.80. The molecule has 3 aliphatic rings. The fraction of sp³-hybridized carbons (Fsp3) is 0.464. The van der Waals surface area contributed by atoms with Gasteiger partial charge >= 0.3 is 0 Å². The Kier molecular flexibility index (Phi) is 7.88. The maximum absolute atomic E-state index is 13.9. The van der Waals surface area contributed by atoms with E-state index in [0.29, 0.717) is 61.0 Å². The van der Waals surface area contributed by atoms with Crippen molar-refractivity contribution < 1.29 is 28.6 Å². The number of rotatable bonds is 6. The number of ether oxygens (including phenoxy) is 3. The van der Waals surface area contributed by atoms with Crippen LogP contribution >= 0.6 is 11.6 Å². The zero-order chi connectivity index (χ0) is 26.7. The van der Waals surface area contributed by atoms with E-state index in [4.69, 9.17) is 25.8 Å². The number of benzene rings is 2. The maximum atomic E-state index is 13.9. The minimum absolute atomic E-state index is 0.0140. The molecule has 0 radical (unpaired) electrons. The van der Waals surface area contributed by atoms with Crippen molar-refractivity contribution >= 4 is 29.3 Å². The Bertz CT molecular complexity index is 1180. The van der Waals surface area contributed by atoms with Crippen molar-refractivity contribution in [1.82, 2.24) is 15.1 Å². The summed E-state index contributed by atoms with van der Waals surface area (Å²) >= 11 is 5.97. The van der Waals surface area contributed by atoms with Gasteiger partial charge in [0, 0.05) is 55.2 Å². The average Bonchev–Trinajstić information content (AvgIpc) is 3.60. The standard InChI is InChI=1S/C28H32ClN3O6/c1-36-22-5-2-4-20(16-22)27(35)32-24(25(33)30-17-23-6-3-15-37-23)18-38-28(32)11-13-31(14-12-28)26(34)19-7-9-21(29)10-8-19/h2,4-5,7-10,16,23-24H,3,6,11-15,17-18H2,1H3,(H,30,33). The van der Waals surface area contributed by atoms with Crippen LogP contribution < -0.4 is 10.1 Å². The van der Waals surface area contributed by atoms with Gasteiger partial charge in [-0.05, 0) is 55.3 Å². The molecule has 3 fully saturated rings. The van der Waals surface area contributed by atoms with Crippen molar-refractivity contribution in [1.29, 1.82) is 0 Å². The van der Waals surface area contributed by atoms with E-state index < -0.39 is 11.8 Å². The number of carbonyl (C=O) groups is 3. The molecule has 2 unspecified atom stereocenters. The summed E-state index contributed by atoms with van der Waals surface area (Å²) in [6.45, 7) is 1.94. The van der Waals surface area contributed by atoms with Gasteiger partial charge in [-0.1, -0.05) is 17.7 Å². The lowest BCUT2D eigenvalue weighted by Crippen LogP contribution is -2.60. The Morgan fingerprint density at radius 1 is 1.08 bits per heavy atom. The van der Waals surface area contributed by atoms with Crippen LogP contribution in [0.3, 0.4) is 0 Å². The molecule has 3 amide bonds. The molecular formula is C28H32ClN3O6. The van der Waals surface area contributed by atoms with E-state index in [1.54, 1.807) is 65.4 Å². The average molecular weight is 542 g/mol. The molecule has 0 aromatic heterocycles. The Balaban J connectivity index is 1.35. The van der Waals surface area contributed by atoms with Gasteiger partial charge < -0.3 is 24.4 Å². The number of amides is 3. The molecule has 3 heterocycles. The summed E-state index contributed by atoms with van der Waals surface area (Å²) < 4.78 is 17.2. The van der Waals surface area contributed by atoms with Crippen molar-refractivity contribution in [3.8, 4) is 5.75 Å². The van der Waals surface area contributed by atoms with Gasteiger partial charge in [-0.25, -0.2) is 0 Å². The van der Waals surface area contributed by atoms with E-state index in [9.17, 15) is 14.4 Å². The number of nitrogens with one attached hydrogen (secondary N) is 1. The Labute approximate surface area is 227 Å². The molecule has 9 nitrogen and oxygen atoms in total. The predicted molar refractivity (Wildman–Crippen MR) is 140 cm³/mol. The number of nitrogens with zero attached hydrogens (tertiary/aromatic N) is 2. The van der Waals surface area contributed by atoms with Gasteiger partial charge in [0.15, 0.2) is 0 Å². The SMILES string of the molecule is COc1cccc(C(=O)N2C(C(=O)NCC3CCCO3)COC23CCN(C(=O)c2ccc(Cl)cc2)CC3)c1. The second kappa shape index (κ2) is 11.3. The summed E-state index contributed by atoms with van der Waals surface area (Å²) in [5, 5.41) is 3.53. The van der Waals surface area contributed by atoms with E-state index >= 15 is 0 Å². The smallest absolute Gasteiger partial charge is 0.257 e. The number of hydrogen-bond donors (Lipinski definition) is 1. The van der Waals surface area contributed by atoms with Gasteiger partial charge in [-0.3, -0.25) is 19.3 Å². The molecule has 0 bridgehead atoms. The van der Waals surface area contributed by atoms with Gasteiger partial charge in [-0.15, -0.1) is 0 Å². The lowest BCUT2D eigenvalue weighted by atomic mass is 9.96. The minimum atomic E-state index is -0.997. The molecule has 3 aliphatic heterocycles. The molecule has 1 N–H and O–H groups in total. The highest BCUT2D eigenvalue weighted by Crippen LogP contribution is 2.39. The van der Waals surface area contributed by atoms with Crippen LogP contribution in [0.15, 0.2) is 48.5 Å². The van der Waals surface area contributed by atoms with Gasteiger partial charge in [0.05, 0.1) is 19.8 Å². The first-order valence-corrected chi connectivity index (χ1v) is 13.3. The Hall–Kier alpha value is -3.14. The second-order valence-electron chi connectivity index (χ2n) is 9.86. The zero-order valence-corrected chi connectivity index (χ0v) is 22.1. The number of halogens is 1. The lowest BCUT2D eigenvalue weighted by Gasteiger charge is -2.44. The van der Waals surface area contributed by atoms with Crippen LogP contribution in [0.4, 0.5) is 0 Å². The summed E-state index contributed by atoms with van der Waals surface area (Å²) in [7, 11) is 1.54. The quantitative estimate of drug-likeness (QED) is 0.603. The first-order valence-electron chi connectivity index (χ1n) is 13.0. The van der Waals surface area contributed by atoms with E-state index in [1.807, 2.05) is 0 Å². The zero-order valence-electron chi connectivity index (χ0n) is 21.4. The molecule has 2 aromatic carbocycles. The fourth-order valence-corrected chi connectivity index (χ4v) is 5.56. The third kappa shape index (κ3) is 5.36. The first-order chi connectivity index (χ1) is 18.4. The van der Waals surface area contributed by atoms with Crippen molar-refractivity contribution in [2.45, 2.75) is 43.6 Å². The fourth-order valence-electron chi connectivity index (χ4n) is 5.43. The molecule has 1 spiro atoms. The topological polar surface area (TPSA) is 97.4 Å². The Morgan fingerprint density at radius 2 is 1.84 bits per heavy atom. The summed E-state index contributed by atoms with van der Waals surface area (Å²) in [6.07, 6.45) is 2.63. The van der Waals surface area contributed by atoms with Crippen LogP contribution in [0.5, 0.6) is 5.75 Å². The van der Waals surface area contributed by atoms with Crippen LogP contribution in [0.25, 0.3) is 0 Å². The Morgan fingerprint density at radius 3 is 2.53 bits per heavy atom. The van der Waals surface area contributed by atoms with Gasteiger partial charge in [0.1, 0.15) is 17.5 Å². The van der Waals surface area contributed by atoms with Crippen LogP contribution in [-0.4, -0.2) is 85.3 Å². The van der Waals surface area contributed by atoms with Crippen LogP contribution in [0.1, 0.15) is 46.4 Å². The maximum Gasteiger partial charge on any atom is 0.257 e. The van der Waals surface area contributed by atoms with Crippen LogP contribution in [0, 0.1) is 0 Å².